The largest absolute Gasteiger partial charge is 0.346 e. The van der Waals surface area contributed by atoms with E-state index >= 15 is 4.39 Å². The molecule has 0 aliphatic carbocycles. The van der Waals surface area contributed by atoms with Crippen LogP contribution in [0.3, 0.4) is 0 Å². The summed E-state index contributed by atoms with van der Waals surface area (Å²) in [4.78, 5) is 4.41. The predicted molar refractivity (Wildman–Crippen MR) is 147 cm³/mol. The SMILES string of the molecule is Cc1cc2ccn(CC(C)(C)N(C)Cc3cn(CC(C)(C)N(C)C)c4c(F)c(F)ccc34)c2cc1C. The van der Waals surface area contributed by atoms with Crippen molar-refractivity contribution in [3.05, 3.63) is 71.1 Å². The third kappa shape index (κ3) is 4.81. The number of aromatic nitrogens is 2. The molecular weight excluding hydrogens is 454 g/mol. The fraction of sp³-hybridized carbons (Fsp3) is 0.467. The summed E-state index contributed by atoms with van der Waals surface area (Å²) in [5, 5.41) is 2.02. The monoisotopic (exact) mass is 494 g/mol. The lowest BCUT2D eigenvalue weighted by molar-refractivity contribution is 0.129. The Bertz CT molecular complexity index is 1410. The molecule has 2 heterocycles. The van der Waals surface area contributed by atoms with Crippen molar-refractivity contribution in [2.24, 2.45) is 0 Å². The second-order valence-electron chi connectivity index (χ2n) is 11.9. The Morgan fingerprint density at radius 2 is 1.47 bits per heavy atom. The Labute approximate surface area is 214 Å². The van der Waals surface area contributed by atoms with Gasteiger partial charge in [0, 0.05) is 54.0 Å². The number of aryl methyl sites for hydroxylation is 2. The Hall–Kier alpha value is -2.70. The van der Waals surface area contributed by atoms with Gasteiger partial charge in [0.25, 0.3) is 0 Å². The van der Waals surface area contributed by atoms with E-state index in [-0.39, 0.29) is 11.1 Å². The van der Waals surface area contributed by atoms with Gasteiger partial charge in [-0.3, -0.25) is 4.90 Å². The molecule has 6 heteroatoms. The number of fused-ring (bicyclic) bond motifs is 2. The van der Waals surface area contributed by atoms with Gasteiger partial charge in [-0.05, 0) is 115 Å². The van der Waals surface area contributed by atoms with E-state index in [4.69, 9.17) is 0 Å². The topological polar surface area (TPSA) is 16.3 Å². The molecule has 0 unspecified atom stereocenters. The van der Waals surface area contributed by atoms with Crippen LogP contribution in [0.2, 0.25) is 0 Å². The van der Waals surface area contributed by atoms with E-state index < -0.39 is 11.6 Å². The highest BCUT2D eigenvalue weighted by atomic mass is 19.2. The summed E-state index contributed by atoms with van der Waals surface area (Å²) >= 11 is 0. The van der Waals surface area contributed by atoms with Crippen LogP contribution in [0.1, 0.15) is 44.4 Å². The number of rotatable bonds is 8. The van der Waals surface area contributed by atoms with Crippen LogP contribution in [0.15, 0.2) is 42.7 Å². The minimum absolute atomic E-state index is 0.180. The number of likely N-dealkylation sites (N-methyl/N-ethyl adjacent to an activating group) is 2. The third-order valence-corrected chi connectivity index (χ3v) is 8.17. The number of hydrogen-bond acceptors (Lipinski definition) is 2. The number of benzene rings is 2. The third-order valence-electron chi connectivity index (χ3n) is 8.17. The lowest BCUT2D eigenvalue weighted by Gasteiger charge is -2.36. The zero-order valence-electron chi connectivity index (χ0n) is 23.2. The smallest absolute Gasteiger partial charge is 0.183 e. The van der Waals surface area contributed by atoms with Crippen molar-refractivity contribution in [1.82, 2.24) is 18.9 Å². The minimum Gasteiger partial charge on any atom is -0.346 e. The summed E-state index contributed by atoms with van der Waals surface area (Å²) < 4.78 is 33.5. The normalized spacial score (nSPS) is 13.1. The highest BCUT2D eigenvalue weighted by molar-refractivity contribution is 5.85. The predicted octanol–water partition coefficient (Wildman–Crippen LogP) is 6.74. The minimum atomic E-state index is -0.810. The van der Waals surface area contributed by atoms with Crippen LogP contribution < -0.4 is 0 Å². The maximum Gasteiger partial charge on any atom is 0.183 e. The molecule has 0 radical (unpaired) electrons. The first kappa shape index (κ1) is 26.4. The second kappa shape index (κ2) is 9.31. The summed E-state index contributed by atoms with van der Waals surface area (Å²) in [6, 6.07) is 9.64. The van der Waals surface area contributed by atoms with E-state index in [1.54, 1.807) is 6.07 Å². The fourth-order valence-electron chi connectivity index (χ4n) is 4.81. The molecule has 0 bridgehead atoms. The van der Waals surface area contributed by atoms with E-state index in [1.165, 1.54) is 28.1 Å². The van der Waals surface area contributed by atoms with Crippen LogP contribution in [0.5, 0.6) is 0 Å². The van der Waals surface area contributed by atoms with Gasteiger partial charge in [0.05, 0.1) is 5.52 Å². The molecule has 0 spiro atoms. The Morgan fingerprint density at radius 1 is 0.833 bits per heavy atom. The van der Waals surface area contributed by atoms with Gasteiger partial charge in [0.15, 0.2) is 11.6 Å². The average Bonchev–Trinajstić information content (AvgIpc) is 3.31. The van der Waals surface area contributed by atoms with Crippen molar-refractivity contribution >= 4 is 21.8 Å². The summed E-state index contributed by atoms with van der Waals surface area (Å²) in [5.74, 6) is -1.59. The first-order valence-corrected chi connectivity index (χ1v) is 12.6. The Kier molecular flexibility index (Phi) is 6.82. The lowest BCUT2D eigenvalue weighted by atomic mass is 10.0. The standard InChI is InChI=1S/C30H40F2N4/c1-20-14-22-12-13-35(26(22)15-21(20)2)19-30(5,6)34(9)16-23-17-36(18-29(3,4)33(7)8)28-24(23)10-11-25(31)27(28)32/h10-15,17H,16,18-19H2,1-9H3. The van der Waals surface area contributed by atoms with Crippen LogP contribution in [-0.4, -0.2) is 51.2 Å². The van der Waals surface area contributed by atoms with E-state index in [1.807, 2.05) is 24.9 Å². The quantitative estimate of drug-likeness (QED) is 0.270. The van der Waals surface area contributed by atoms with Crippen molar-refractivity contribution in [1.29, 1.82) is 0 Å². The van der Waals surface area contributed by atoms with Crippen molar-refractivity contribution in [3.63, 3.8) is 0 Å². The van der Waals surface area contributed by atoms with Crippen LogP contribution in [0.4, 0.5) is 8.78 Å². The number of hydrogen-bond donors (Lipinski definition) is 0. The molecule has 0 atom stereocenters. The molecule has 0 fully saturated rings. The van der Waals surface area contributed by atoms with E-state index in [0.717, 1.165) is 17.5 Å². The van der Waals surface area contributed by atoms with Gasteiger partial charge in [-0.15, -0.1) is 0 Å². The van der Waals surface area contributed by atoms with Gasteiger partial charge in [0.2, 0.25) is 0 Å². The molecule has 2 aromatic carbocycles. The van der Waals surface area contributed by atoms with Crippen LogP contribution >= 0.6 is 0 Å². The molecule has 4 rings (SSSR count). The van der Waals surface area contributed by atoms with E-state index in [2.05, 4.69) is 87.4 Å². The van der Waals surface area contributed by atoms with Gasteiger partial charge in [-0.25, -0.2) is 8.78 Å². The van der Waals surface area contributed by atoms with Crippen molar-refractivity contribution < 1.29 is 8.78 Å². The highest BCUT2D eigenvalue weighted by Gasteiger charge is 2.28. The fourth-order valence-corrected chi connectivity index (χ4v) is 4.81. The van der Waals surface area contributed by atoms with Crippen molar-refractivity contribution in [3.8, 4) is 0 Å². The lowest BCUT2D eigenvalue weighted by Crippen LogP contribution is -2.44. The molecule has 4 nitrogen and oxygen atoms in total. The first-order chi connectivity index (χ1) is 16.7. The Balaban J connectivity index is 1.66. The van der Waals surface area contributed by atoms with Gasteiger partial charge in [-0.2, -0.15) is 0 Å². The molecule has 0 amide bonds. The average molecular weight is 495 g/mol. The first-order valence-electron chi connectivity index (χ1n) is 12.6. The highest BCUT2D eigenvalue weighted by Crippen LogP contribution is 2.31. The molecule has 2 aromatic heterocycles. The van der Waals surface area contributed by atoms with Gasteiger partial charge >= 0.3 is 0 Å². The second-order valence-corrected chi connectivity index (χ2v) is 11.9. The number of nitrogens with zero attached hydrogens (tertiary/aromatic N) is 4. The molecular formula is C30H40F2N4. The van der Waals surface area contributed by atoms with Crippen LogP contribution in [0, 0.1) is 25.5 Å². The van der Waals surface area contributed by atoms with Crippen molar-refractivity contribution in [2.45, 2.75) is 72.3 Å². The molecule has 0 saturated carbocycles. The van der Waals surface area contributed by atoms with Gasteiger partial charge < -0.3 is 14.0 Å². The number of halogens is 2. The van der Waals surface area contributed by atoms with Crippen LogP contribution in [-0.2, 0) is 19.6 Å². The maximum atomic E-state index is 15.1. The van der Waals surface area contributed by atoms with Crippen molar-refractivity contribution in [2.75, 3.05) is 21.1 Å². The van der Waals surface area contributed by atoms with E-state index in [9.17, 15) is 4.39 Å². The molecule has 0 aliphatic heterocycles. The van der Waals surface area contributed by atoms with Crippen LogP contribution in [0.25, 0.3) is 21.8 Å². The summed E-state index contributed by atoms with van der Waals surface area (Å²) in [6.45, 7) is 15.0. The summed E-state index contributed by atoms with van der Waals surface area (Å²) in [7, 11) is 6.12. The summed E-state index contributed by atoms with van der Waals surface area (Å²) in [6.07, 6.45) is 4.16. The van der Waals surface area contributed by atoms with E-state index in [0.29, 0.717) is 18.6 Å². The summed E-state index contributed by atoms with van der Waals surface area (Å²) in [5.41, 5.74) is 4.76. The molecule has 0 aliphatic rings. The zero-order valence-corrected chi connectivity index (χ0v) is 23.2. The zero-order chi connectivity index (χ0) is 26.6. The molecule has 194 valence electrons. The molecule has 0 N–H and O–H groups in total. The van der Waals surface area contributed by atoms with Gasteiger partial charge in [-0.1, -0.05) is 0 Å². The van der Waals surface area contributed by atoms with Gasteiger partial charge in [0.1, 0.15) is 0 Å². The molecule has 4 aromatic rings. The molecule has 0 saturated heterocycles. The molecule has 36 heavy (non-hydrogen) atoms. The maximum absolute atomic E-state index is 15.1. The Morgan fingerprint density at radius 3 is 2.14 bits per heavy atom.